The number of thiophene rings is 1. The fraction of sp³-hybridized carbons (Fsp3) is 0.316. The Morgan fingerprint density at radius 1 is 1.32 bits per heavy atom. The van der Waals surface area contributed by atoms with Crippen LogP contribution in [0.5, 0.6) is 0 Å². The second-order valence-corrected chi connectivity index (χ2v) is 7.92. The van der Waals surface area contributed by atoms with Crippen LogP contribution in [0.3, 0.4) is 0 Å². The molecule has 0 radical (unpaired) electrons. The number of nitrogens with zero attached hydrogens (tertiary/aromatic N) is 1. The van der Waals surface area contributed by atoms with Crippen molar-refractivity contribution in [1.29, 1.82) is 0 Å². The molecule has 132 valence electrons. The summed E-state index contributed by atoms with van der Waals surface area (Å²) >= 11 is 3.46. The topological polar surface area (TPSA) is 54.3 Å². The van der Waals surface area contributed by atoms with Gasteiger partial charge in [-0.2, -0.15) is 0 Å². The van der Waals surface area contributed by atoms with Crippen LogP contribution in [-0.4, -0.2) is 27.9 Å². The maximum absolute atomic E-state index is 11.0. The Morgan fingerprint density at radius 3 is 2.80 bits per heavy atom. The summed E-state index contributed by atoms with van der Waals surface area (Å²) in [6.45, 7) is 4.80. The summed E-state index contributed by atoms with van der Waals surface area (Å²) in [5.74, 6) is 0.794. The molecule has 3 rings (SSSR count). The van der Waals surface area contributed by atoms with Gasteiger partial charge in [0.2, 0.25) is 5.91 Å². The molecule has 0 aliphatic carbocycles. The number of aliphatic hydroxyl groups is 1. The van der Waals surface area contributed by atoms with Gasteiger partial charge in [-0.05, 0) is 23.9 Å². The van der Waals surface area contributed by atoms with Gasteiger partial charge in [0.1, 0.15) is 0 Å². The van der Waals surface area contributed by atoms with Crippen molar-refractivity contribution in [3.05, 3.63) is 53.0 Å². The van der Waals surface area contributed by atoms with E-state index >= 15 is 0 Å². The molecule has 2 N–H and O–H groups in total. The highest BCUT2D eigenvalue weighted by Crippen LogP contribution is 2.37. The molecule has 6 heteroatoms. The number of hydrogen-bond donors (Lipinski definition) is 2. The molecule has 0 bridgehead atoms. The van der Waals surface area contributed by atoms with Crippen LogP contribution in [0.15, 0.2) is 46.8 Å². The minimum absolute atomic E-state index is 0.00709. The van der Waals surface area contributed by atoms with E-state index in [2.05, 4.69) is 28.3 Å². The molecule has 0 saturated heterocycles. The largest absolute Gasteiger partial charge is 0.387 e. The van der Waals surface area contributed by atoms with Crippen molar-refractivity contribution in [1.82, 2.24) is 9.88 Å². The van der Waals surface area contributed by atoms with E-state index in [1.165, 1.54) is 22.7 Å². The number of amides is 1. The fourth-order valence-corrected chi connectivity index (χ4v) is 4.95. The van der Waals surface area contributed by atoms with Gasteiger partial charge in [0.15, 0.2) is 0 Å². The Kier molecular flexibility index (Phi) is 5.83. The first-order valence-corrected chi connectivity index (χ1v) is 10.1. The van der Waals surface area contributed by atoms with Crippen LogP contribution >= 0.6 is 23.1 Å². The smallest absolute Gasteiger partial charge is 0.216 e. The highest BCUT2D eigenvalue weighted by atomic mass is 32.2. The summed E-state index contributed by atoms with van der Waals surface area (Å²) in [7, 11) is 0. The van der Waals surface area contributed by atoms with Gasteiger partial charge in [0.25, 0.3) is 0 Å². The lowest BCUT2D eigenvalue weighted by Gasteiger charge is -2.17. The first-order chi connectivity index (χ1) is 12.1. The molecule has 1 unspecified atom stereocenters. The maximum atomic E-state index is 11.0. The lowest BCUT2D eigenvalue weighted by molar-refractivity contribution is -0.118. The van der Waals surface area contributed by atoms with Crippen molar-refractivity contribution in [3.8, 4) is 0 Å². The van der Waals surface area contributed by atoms with Crippen molar-refractivity contribution in [2.24, 2.45) is 0 Å². The lowest BCUT2D eigenvalue weighted by atomic mass is 10.1. The van der Waals surface area contributed by atoms with Crippen molar-refractivity contribution in [2.45, 2.75) is 31.5 Å². The fourth-order valence-electron chi connectivity index (χ4n) is 2.88. The maximum Gasteiger partial charge on any atom is 0.216 e. The molecule has 1 atom stereocenters. The van der Waals surface area contributed by atoms with E-state index in [9.17, 15) is 9.90 Å². The number of thioether (sulfide) groups is 1. The van der Waals surface area contributed by atoms with E-state index < -0.39 is 6.10 Å². The zero-order valence-electron chi connectivity index (χ0n) is 14.4. The van der Waals surface area contributed by atoms with E-state index in [-0.39, 0.29) is 5.91 Å². The summed E-state index contributed by atoms with van der Waals surface area (Å²) < 4.78 is 3.47. The molecule has 2 aromatic heterocycles. The van der Waals surface area contributed by atoms with Crippen molar-refractivity contribution in [3.63, 3.8) is 0 Å². The molecule has 0 spiro atoms. The highest BCUT2D eigenvalue weighted by Gasteiger charge is 2.18. The zero-order chi connectivity index (χ0) is 17.8. The van der Waals surface area contributed by atoms with Crippen LogP contribution in [0.4, 0.5) is 0 Å². The second kappa shape index (κ2) is 8.08. The predicted molar refractivity (Wildman–Crippen MR) is 105 cm³/mol. The van der Waals surface area contributed by atoms with Gasteiger partial charge >= 0.3 is 0 Å². The van der Waals surface area contributed by atoms with Crippen LogP contribution in [0, 0.1) is 6.92 Å². The Labute approximate surface area is 155 Å². The lowest BCUT2D eigenvalue weighted by Crippen LogP contribution is -2.22. The molecule has 0 aliphatic heterocycles. The minimum atomic E-state index is -0.545. The number of nitrogens with one attached hydrogen (secondary N) is 1. The third-order valence-corrected chi connectivity index (χ3v) is 6.27. The summed E-state index contributed by atoms with van der Waals surface area (Å²) in [5, 5.41) is 18.0. The summed E-state index contributed by atoms with van der Waals surface area (Å²) in [4.78, 5) is 11.0. The van der Waals surface area contributed by atoms with E-state index in [1.54, 1.807) is 23.1 Å². The number of aryl methyl sites for hydroxylation is 1. The van der Waals surface area contributed by atoms with Crippen LogP contribution < -0.4 is 5.32 Å². The molecule has 2 heterocycles. The van der Waals surface area contributed by atoms with Gasteiger partial charge in [-0.1, -0.05) is 30.3 Å². The van der Waals surface area contributed by atoms with Gasteiger partial charge in [0, 0.05) is 30.3 Å². The Hall–Kier alpha value is -1.76. The van der Waals surface area contributed by atoms with Gasteiger partial charge in [-0.15, -0.1) is 23.1 Å². The Bertz CT molecular complexity index is 855. The standard InChI is InChI=1S/C19H22N2O2S2/c1-13-18-16(8-10-24-18)19(25-11-9-20-14(2)22)21(13)12-17(23)15-6-4-3-5-7-15/h3-8,10,17,23H,9,11-12H2,1-2H3,(H,20,22). The van der Waals surface area contributed by atoms with Gasteiger partial charge in [0.05, 0.1) is 22.4 Å². The summed E-state index contributed by atoms with van der Waals surface area (Å²) in [6, 6.07) is 11.9. The number of fused-ring (bicyclic) bond motifs is 1. The van der Waals surface area contributed by atoms with Crippen LogP contribution in [0.25, 0.3) is 10.1 Å². The first kappa shape index (κ1) is 18.0. The van der Waals surface area contributed by atoms with E-state index in [4.69, 9.17) is 0 Å². The van der Waals surface area contributed by atoms with Gasteiger partial charge in [-0.25, -0.2) is 0 Å². The van der Waals surface area contributed by atoms with Crippen molar-refractivity contribution in [2.75, 3.05) is 12.3 Å². The molecule has 1 amide bonds. The quantitative estimate of drug-likeness (QED) is 0.486. The summed E-state index contributed by atoms with van der Waals surface area (Å²) in [6.07, 6.45) is -0.545. The number of rotatable bonds is 7. The molecule has 25 heavy (non-hydrogen) atoms. The Balaban J connectivity index is 1.83. The van der Waals surface area contributed by atoms with Crippen LogP contribution in [0.2, 0.25) is 0 Å². The van der Waals surface area contributed by atoms with Crippen molar-refractivity contribution >= 4 is 39.1 Å². The van der Waals surface area contributed by atoms with Crippen LogP contribution in [0.1, 0.15) is 24.3 Å². The van der Waals surface area contributed by atoms with E-state index in [0.29, 0.717) is 13.1 Å². The molecule has 1 aromatic carbocycles. The van der Waals surface area contributed by atoms with E-state index in [0.717, 1.165) is 16.3 Å². The number of benzene rings is 1. The highest BCUT2D eigenvalue weighted by molar-refractivity contribution is 7.99. The van der Waals surface area contributed by atoms with Crippen LogP contribution in [-0.2, 0) is 11.3 Å². The summed E-state index contributed by atoms with van der Waals surface area (Å²) in [5.41, 5.74) is 2.11. The zero-order valence-corrected chi connectivity index (χ0v) is 16.0. The molecule has 4 nitrogen and oxygen atoms in total. The number of aliphatic hydroxyl groups excluding tert-OH is 1. The third-order valence-electron chi connectivity index (χ3n) is 4.13. The number of carbonyl (C=O) groups is 1. The predicted octanol–water partition coefficient (Wildman–Crippen LogP) is 3.97. The Morgan fingerprint density at radius 2 is 2.08 bits per heavy atom. The average Bonchev–Trinajstić information content (AvgIpc) is 3.17. The first-order valence-electron chi connectivity index (χ1n) is 8.24. The molecule has 3 aromatic rings. The van der Waals surface area contributed by atoms with E-state index in [1.807, 2.05) is 30.3 Å². The molecular formula is C19H22N2O2S2. The number of carbonyl (C=O) groups excluding carboxylic acids is 1. The second-order valence-electron chi connectivity index (χ2n) is 5.92. The minimum Gasteiger partial charge on any atom is -0.387 e. The number of aromatic nitrogens is 1. The number of hydrogen-bond acceptors (Lipinski definition) is 4. The molecule has 0 saturated carbocycles. The SMILES string of the molecule is CC(=O)NCCSc1c2ccsc2c(C)n1CC(O)c1ccccc1. The molecule has 0 aliphatic rings. The average molecular weight is 375 g/mol. The van der Waals surface area contributed by atoms with Crippen molar-refractivity contribution < 1.29 is 9.90 Å². The third kappa shape index (κ3) is 4.08. The van der Waals surface area contributed by atoms with Gasteiger partial charge in [-0.3, -0.25) is 4.79 Å². The monoisotopic (exact) mass is 374 g/mol. The molecule has 0 fully saturated rings. The van der Waals surface area contributed by atoms with Gasteiger partial charge < -0.3 is 15.0 Å². The normalized spacial score (nSPS) is 12.4. The molecular weight excluding hydrogens is 352 g/mol.